The Kier molecular flexibility index (Phi) is 4.24. The highest BCUT2D eigenvalue weighted by Gasteiger charge is 2.20. The lowest BCUT2D eigenvalue weighted by Crippen LogP contribution is -2.10. The summed E-state index contributed by atoms with van der Waals surface area (Å²) in [5.41, 5.74) is 9.45. The van der Waals surface area contributed by atoms with Crippen LogP contribution in [0.3, 0.4) is 0 Å². The van der Waals surface area contributed by atoms with Gasteiger partial charge in [0.05, 0.1) is 11.8 Å². The molecule has 3 heterocycles. The van der Waals surface area contributed by atoms with E-state index >= 15 is 0 Å². The number of nitrogens with two attached hydrogens (primary N) is 1. The van der Waals surface area contributed by atoms with E-state index in [9.17, 15) is 4.79 Å². The number of nitrogen functional groups attached to an aromatic ring is 1. The standard InChI is InChI=1S/C21H20N4O2S/c22-20-19-14-6-2-4-8-16(14)28-21(19)25-17(24-20)11-27-18(26)9-12-10-23-15-7-3-1-5-13(12)15/h1,3,5,7,10,23H,2,4,6,8-9,11H2,(H2,22,24,25). The van der Waals surface area contributed by atoms with Crippen LogP contribution in [0.2, 0.25) is 0 Å². The summed E-state index contributed by atoms with van der Waals surface area (Å²) < 4.78 is 5.43. The van der Waals surface area contributed by atoms with Gasteiger partial charge in [-0.25, -0.2) is 9.97 Å². The number of carbonyl (C=O) groups is 1. The number of hydrogen-bond acceptors (Lipinski definition) is 6. The maximum atomic E-state index is 12.3. The summed E-state index contributed by atoms with van der Waals surface area (Å²) in [5, 5.41) is 2.03. The molecule has 4 aromatic rings. The predicted octanol–water partition coefficient (Wildman–Crippen LogP) is 3.92. The minimum atomic E-state index is -0.308. The van der Waals surface area contributed by atoms with Gasteiger partial charge in [-0.05, 0) is 42.9 Å². The molecule has 1 aliphatic carbocycles. The highest BCUT2D eigenvalue weighted by molar-refractivity contribution is 7.19. The van der Waals surface area contributed by atoms with Crippen molar-refractivity contribution in [3.8, 4) is 0 Å². The molecule has 0 spiro atoms. The highest BCUT2D eigenvalue weighted by Crippen LogP contribution is 2.37. The van der Waals surface area contributed by atoms with Crippen LogP contribution in [-0.2, 0) is 35.4 Å². The van der Waals surface area contributed by atoms with E-state index in [2.05, 4.69) is 15.0 Å². The number of hydrogen-bond donors (Lipinski definition) is 2. The average molecular weight is 392 g/mol. The first-order chi connectivity index (χ1) is 13.7. The fourth-order valence-electron chi connectivity index (χ4n) is 3.93. The molecule has 0 amide bonds. The topological polar surface area (TPSA) is 93.9 Å². The third-order valence-electron chi connectivity index (χ3n) is 5.26. The number of aromatic nitrogens is 3. The lowest BCUT2D eigenvalue weighted by atomic mass is 9.97. The Hall–Kier alpha value is -2.93. The quantitative estimate of drug-likeness (QED) is 0.514. The zero-order valence-corrected chi connectivity index (χ0v) is 16.1. The number of rotatable bonds is 4. The number of anilines is 1. The van der Waals surface area contributed by atoms with Gasteiger partial charge in [-0.3, -0.25) is 4.79 Å². The molecule has 3 aromatic heterocycles. The molecule has 0 saturated carbocycles. The summed E-state index contributed by atoms with van der Waals surface area (Å²) in [4.78, 5) is 26.8. The van der Waals surface area contributed by atoms with Gasteiger partial charge in [0.1, 0.15) is 10.6 Å². The van der Waals surface area contributed by atoms with Gasteiger partial charge in [0.15, 0.2) is 12.4 Å². The minimum absolute atomic E-state index is 0.0316. The first-order valence-corrected chi connectivity index (χ1v) is 10.3. The molecule has 0 atom stereocenters. The van der Waals surface area contributed by atoms with E-state index in [-0.39, 0.29) is 19.0 Å². The van der Waals surface area contributed by atoms with Crippen LogP contribution in [0.1, 0.15) is 34.7 Å². The van der Waals surface area contributed by atoms with Gasteiger partial charge >= 0.3 is 5.97 Å². The van der Waals surface area contributed by atoms with Crippen molar-refractivity contribution in [2.24, 2.45) is 0 Å². The normalized spacial score (nSPS) is 13.7. The van der Waals surface area contributed by atoms with Crippen molar-refractivity contribution in [1.29, 1.82) is 0 Å². The zero-order valence-electron chi connectivity index (χ0n) is 15.3. The van der Waals surface area contributed by atoms with Crippen LogP contribution < -0.4 is 5.73 Å². The first-order valence-electron chi connectivity index (χ1n) is 9.46. The number of ether oxygens (including phenoxy) is 1. The average Bonchev–Trinajstić information content (AvgIpc) is 3.28. The summed E-state index contributed by atoms with van der Waals surface area (Å²) in [7, 11) is 0. The zero-order chi connectivity index (χ0) is 19.1. The van der Waals surface area contributed by atoms with Crippen molar-refractivity contribution in [2.75, 3.05) is 5.73 Å². The van der Waals surface area contributed by atoms with Gasteiger partial charge in [0.25, 0.3) is 0 Å². The fraction of sp³-hybridized carbons (Fsp3) is 0.286. The number of nitrogens with zero attached hydrogens (tertiary/aromatic N) is 2. The van der Waals surface area contributed by atoms with E-state index < -0.39 is 0 Å². The van der Waals surface area contributed by atoms with E-state index in [1.807, 2.05) is 30.5 Å². The molecular formula is C21H20N4O2S. The molecule has 0 fully saturated rings. The van der Waals surface area contributed by atoms with Crippen molar-refractivity contribution in [2.45, 2.75) is 38.7 Å². The first kappa shape index (κ1) is 17.2. The summed E-state index contributed by atoms with van der Waals surface area (Å²) >= 11 is 1.69. The van der Waals surface area contributed by atoms with Gasteiger partial charge < -0.3 is 15.5 Å². The Balaban J connectivity index is 1.32. The van der Waals surface area contributed by atoms with E-state index in [1.165, 1.54) is 23.3 Å². The summed E-state index contributed by atoms with van der Waals surface area (Å²) in [6, 6.07) is 7.89. The number of fused-ring (bicyclic) bond motifs is 4. The number of para-hydroxylation sites is 1. The number of aromatic amines is 1. The molecule has 1 aliphatic rings. The molecule has 142 valence electrons. The lowest BCUT2D eigenvalue weighted by molar-refractivity contribution is -0.144. The number of esters is 1. The second-order valence-corrected chi connectivity index (χ2v) is 8.20. The minimum Gasteiger partial charge on any atom is -0.457 e. The fourth-order valence-corrected chi connectivity index (χ4v) is 5.21. The van der Waals surface area contributed by atoms with Crippen LogP contribution >= 0.6 is 11.3 Å². The number of benzene rings is 1. The van der Waals surface area contributed by atoms with Gasteiger partial charge in [0, 0.05) is 22.0 Å². The van der Waals surface area contributed by atoms with Crippen molar-refractivity contribution in [3.63, 3.8) is 0 Å². The van der Waals surface area contributed by atoms with Crippen LogP contribution in [0.25, 0.3) is 21.1 Å². The van der Waals surface area contributed by atoms with Crippen molar-refractivity contribution < 1.29 is 9.53 Å². The largest absolute Gasteiger partial charge is 0.457 e. The van der Waals surface area contributed by atoms with Gasteiger partial charge in [0.2, 0.25) is 0 Å². The second-order valence-electron chi connectivity index (χ2n) is 7.11. The maximum absolute atomic E-state index is 12.3. The molecule has 3 N–H and O–H groups in total. The molecule has 0 aliphatic heterocycles. The van der Waals surface area contributed by atoms with Crippen LogP contribution in [0.5, 0.6) is 0 Å². The number of H-pyrrole nitrogens is 1. The molecule has 0 radical (unpaired) electrons. The number of carbonyl (C=O) groups excluding carboxylic acids is 1. The van der Waals surface area contributed by atoms with E-state index in [1.54, 1.807) is 11.3 Å². The Morgan fingerprint density at radius 1 is 1.21 bits per heavy atom. The molecule has 0 saturated heterocycles. The van der Waals surface area contributed by atoms with Crippen molar-refractivity contribution in [1.82, 2.24) is 15.0 Å². The molecule has 28 heavy (non-hydrogen) atoms. The Bertz CT molecular complexity index is 1190. The monoisotopic (exact) mass is 392 g/mol. The highest BCUT2D eigenvalue weighted by atomic mass is 32.1. The van der Waals surface area contributed by atoms with Crippen LogP contribution in [-0.4, -0.2) is 20.9 Å². The molecule has 0 bridgehead atoms. The van der Waals surface area contributed by atoms with Crippen molar-refractivity contribution in [3.05, 3.63) is 52.3 Å². The third-order valence-corrected chi connectivity index (χ3v) is 6.45. The summed E-state index contributed by atoms with van der Waals surface area (Å²) in [5.74, 6) is 0.639. The predicted molar refractivity (Wildman–Crippen MR) is 110 cm³/mol. The van der Waals surface area contributed by atoms with Crippen LogP contribution in [0.15, 0.2) is 30.5 Å². The molecule has 5 rings (SSSR count). The van der Waals surface area contributed by atoms with Gasteiger partial charge in [-0.15, -0.1) is 11.3 Å². The van der Waals surface area contributed by atoms with E-state index in [0.717, 1.165) is 39.5 Å². The third kappa shape index (κ3) is 3.01. The SMILES string of the molecule is Nc1nc(COC(=O)Cc2c[nH]c3ccccc23)nc2sc3c(c12)CCCC3. The molecule has 0 unspecified atom stereocenters. The second kappa shape index (κ2) is 6.91. The number of aryl methyl sites for hydroxylation is 2. The molecule has 6 nitrogen and oxygen atoms in total. The van der Waals surface area contributed by atoms with E-state index in [4.69, 9.17) is 10.5 Å². The Morgan fingerprint density at radius 2 is 2.07 bits per heavy atom. The number of thiophene rings is 1. The Labute approximate surface area is 165 Å². The van der Waals surface area contributed by atoms with Crippen LogP contribution in [0, 0.1) is 0 Å². The Morgan fingerprint density at radius 3 is 3.00 bits per heavy atom. The molecular weight excluding hydrogens is 372 g/mol. The number of nitrogens with one attached hydrogen (secondary N) is 1. The molecule has 1 aromatic carbocycles. The lowest BCUT2D eigenvalue weighted by Gasteiger charge is -2.10. The van der Waals surface area contributed by atoms with Gasteiger partial charge in [-0.2, -0.15) is 0 Å². The summed E-state index contributed by atoms with van der Waals surface area (Å²) in [6.07, 6.45) is 6.58. The van der Waals surface area contributed by atoms with Crippen LogP contribution in [0.4, 0.5) is 5.82 Å². The summed E-state index contributed by atoms with van der Waals surface area (Å²) in [6.45, 7) is 0.0316. The smallest absolute Gasteiger partial charge is 0.310 e. The van der Waals surface area contributed by atoms with E-state index in [0.29, 0.717) is 11.6 Å². The maximum Gasteiger partial charge on any atom is 0.310 e. The van der Waals surface area contributed by atoms with Crippen molar-refractivity contribution >= 4 is 44.2 Å². The van der Waals surface area contributed by atoms with Gasteiger partial charge in [-0.1, -0.05) is 18.2 Å². The molecule has 7 heteroatoms.